The first-order valence-electron chi connectivity index (χ1n) is 19.5. The van der Waals surface area contributed by atoms with Crippen molar-refractivity contribution < 1.29 is 38.7 Å². The molecule has 3 amide bonds. The van der Waals surface area contributed by atoms with Gasteiger partial charge in [0.15, 0.2) is 19.7 Å². The van der Waals surface area contributed by atoms with Gasteiger partial charge >= 0.3 is 0 Å². The van der Waals surface area contributed by atoms with Crippen molar-refractivity contribution in [1.29, 1.82) is 0 Å². The number of ether oxygens (including phenoxy) is 2. The molecule has 0 bridgehead atoms. The number of aliphatic hydroxyl groups excluding tert-OH is 1. The molecule has 13 nitrogen and oxygen atoms in total. The normalized spacial score (nSPS) is 20.8. The zero-order valence-corrected chi connectivity index (χ0v) is 33.9. The quantitative estimate of drug-likeness (QED) is 0.0785. The number of nitro groups is 1. The molecule has 0 aliphatic carbocycles. The van der Waals surface area contributed by atoms with E-state index < -0.39 is 42.3 Å². The molecule has 4 atom stereocenters. The summed E-state index contributed by atoms with van der Waals surface area (Å²) < 4.78 is 13.1. The van der Waals surface area contributed by atoms with Gasteiger partial charge in [-0.3, -0.25) is 29.4 Å². The number of carbonyl (C=O) groups is 3. The van der Waals surface area contributed by atoms with Gasteiger partial charge in [-0.15, -0.1) is 0 Å². The van der Waals surface area contributed by atoms with E-state index in [4.69, 9.17) is 9.47 Å². The van der Waals surface area contributed by atoms with Crippen LogP contribution in [0.3, 0.4) is 0 Å². The SMILES string of the molecule is C[C@@H]1[C@@H]([Si](C)(C)O)[C@H](CC(=O)N(CCO)Cc2ccccc2)O[C@@]12C(=O)N(Cc1cccc(N3C(=O)c4ccccc4Oc4ccccc43)c1)c1ccc([N+](=O)[O-])cc12. The Morgan fingerprint density at radius 3 is 2.31 bits per heavy atom. The van der Waals surface area contributed by atoms with Crippen LogP contribution >= 0.6 is 0 Å². The second-order valence-corrected chi connectivity index (χ2v) is 19.8. The van der Waals surface area contributed by atoms with Crippen LogP contribution in [0.15, 0.2) is 121 Å². The Morgan fingerprint density at radius 1 is 0.881 bits per heavy atom. The predicted molar refractivity (Wildman–Crippen MR) is 223 cm³/mol. The standard InChI is InChI=1S/C45H44N4O9Si/c1-29-42(59(2,3)56)40(26-41(51)46(22-23-50)27-30-12-5-4-6-13-30)58-45(29)35-25-33(49(54)55)20-21-36(35)47(44(45)53)28-31-14-11-15-32(24-31)48-37-17-8-10-19-39(37)57-38-18-9-7-16-34(38)43(48)52/h4-21,24-25,29,40,42,50,56H,22-23,26-28H2,1-3H3/t29-,40+,42-,45+/m1/s1. The second-order valence-electron chi connectivity index (χ2n) is 15.8. The van der Waals surface area contributed by atoms with Crippen molar-refractivity contribution in [3.05, 3.63) is 154 Å². The third kappa shape index (κ3) is 7.07. The number of hydrogen-bond acceptors (Lipinski definition) is 9. The molecule has 3 heterocycles. The van der Waals surface area contributed by atoms with Gasteiger partial charge in [0.25, 0.3) is 17.5 Å². The Hall–Kier alpha value is -6.19. The van der Waals surface area contributed by atoms with Crippen LogP contribution < -0.4 is 14.5 Å². The molecule has 1 saturated heterocycles. The minimum Gasteiger partial charge on any atom is -0.454 e. The lowest BCUT2D eigenvalue weighted by Gasteiger charge is -2.32. The van der Waals surface area contributed by atoms with Crippen molar-refractivity contribution in [1.82, 2.24) is 4.90 Å². The van der Waals surface area contributed by atoms with Gasteiger partial charge in [0.1, 0.15) is 5.75 Å². The van der Waals surface area contributed by atoms with Crippen molar-refractivity contribution in [2.75, 3.05) is 23.0 Å². The molecule has 1 spiro atoms. The summed E-state index contributed by atoms with van der Waals surface area (Å²) in [4.78, 5) is 71.6. The zero-order chi connectivity index (χ0) is 41.6. The largest absolute Gasteiger partial charge is 0.454 e. The van der Waals surface area contributed by atoms with E-state index in [1.807, 2.05) is 61.5 Å². The Morgan fingerprint density at radius 2 is 1.58 bits per heavy atom. The van der Waals surface area contributed by atoms with Gasteiger partial charge in [-0.2, -0.15) is 0 Å². The number of hydrogen-bond donors (Lipinski definition) is 2. The van der Waals surface area contributed by atoms with Gasteiger partial charge in [0.2, 0.25) is 5.91 Å². The smallest absolute Gasteiger partial charge is 0.269 e. The molecule has 0 unspecified atom stereocenters. The first kappa shape index (κ1) is 39.6. The van der Waals surface area contributed by atoms with Gasteiger partial charge in [0, 0.05) is 47.9 Å². The van der Waals surface area contributed by atoms with E-state index in [9.17, 15) is 29.6 Å². The summed E-state index contributed by atoms with van der Waals surface area (Å²) in [5.74, 6) is -0.863. The van der Waals surface area contributed by atoms with Crippen molar-refractivity contribution in [2.24, 2.45) is 5.92 Å². The van der Waals surface area contributed by atoms with Crippen LogP contribution in [0.4, 0.5) is 22.7 Å². The second kappa shape index (κ2) is 15.5. The van der Waals surface area contributed by atoms with Crippen LogP contribution in [0.25, 0.3) is 0 Å². The highest BCUT2D eigenvalue weighted by atomic mass is 28.4. The van der Waals surface area contributed by atoms with Gasteiger partial charge in [-0.05, 0) is 66.7 Å². The number of non-ortho nitro benzene ring substituents is 1. The van der Waals surface area contributed by atoms with Crippen LogP contribution in [0.1, 0.15) is 40.4 Å². The molecule has 0 saturated carbocycles. The van der Waals surface area contributed by atoms with Crippen LogP contribution in [-0.2, 0) is 33.0 Å². The number of fused-ring (bicyclic) bond motifs is 4. The van der Waals surface area contributed by atoms with E-state index >= 15 is 4.79 Å². The average molecular weight is 813 g/mol. The number of anilines is 3. The number of aliphatic hydroxyl groups is 1. The minimum atomic E-state index is -3.21. The van der Waals surface area contributed by atoms with Crippen molar-refractivity contribution in [2.45, 2.75) is 56.8 Å². The van der Waals surface area contributed by atoms with Gasteiger partial charge in [0.05, 0.1) is 47.5 Å². The first-order chi connectivity index (χ1) is 28.3. The summed E-state index contributed by atoms with van der Waals surface area (Å²) in [7, 11) is -3.21. The summed E-state index contributed by atoms with van der Waals surface area (Å²) in [6.45, 7) is 5.36. The summed E-state index contributed by atoms with van der Waals surface area (Å²) >= 11 is 0. The highest BCUT2D eigenvalue weighted by molar-refractivity contribution is 6.71. The number of benzene rings is 5. The Balaban J connectivity index is 1.16. The van der Waals surface area contributed by atoms with Crippen LogP contribution in [-0.4, -0.2) is 65.0 Å². The number of carbonyl (C=O) groups excluding carboxylic acids is 3. The molecule has 1 fully saturated rings. The van der Waals surface area contributed by atoms with E-state index in [0.29, 0.717) is 45.3 Å². The predicted octanol–water partition coefficient (Wildman–Crippen LogP) is 7.43. The van der Waals surface area contributed by atoms with Crippen molar-refractivity contribution in [3.8, 4) is 11.5 Å². The molecule has 0 radical (unpaired) electrons. The van der Waals surface area contributed by atoms with E-state index in [1.165, 1.54) is 21.9 Å². The van der Waals surface area contributed by atoms with Gasteiger partial charge in [-0.1, -0.05) is 73.7 Å². The molecule has 14 heteroatoms. The lowest BCUT2D eigenvalue weighted by atomic mass is 9.82. The summed E-state index contributed by atoms with van der Waals surface area (Å²) in [5, 5.41) is 22.1. The first-order valence-corrected chi connectivity index (χ1v) is 22.6. The number of nitro benzene ring substituents is 1. The molecular weight excluding hydrogens is 769 g/mol. The number of para-hydroxylation sites is 3. The minimum absolute atomic E-state index is 0.0155. The lowest BCUT2D eigenvalue weighted by Crippen LogP contribution is -2.46. The molecule has 0 aromatic heterocycles. The molecule has 5 aromatic rings. The third-order valence-electron chi connectivity index (χ3n) is 11.6. The molecule has 59 heavy (non-hydrogen) atoms. The van der Waals surface area contributed by atoms with Gasteiger partial charge in [-0.25, -0.2) is 0 Å². The summed E-state index contributed by atoms with van der Waals surface area (Å²) in [6.07, 6.45) is -1.10. The number of amides is 3. The fourth-order valence-corrected chi connectivity index (χ4v) is 11.6. The number of nitrogens with zero attached hydrogens (tertiary/aromatic N) is 4. The van der Waals surface area contributed by atoms with Gasteiger partial charge < -0.3 is 29.2 Å². The molecule has 3 aliphatic rings. The lowest BCUT2D eigenvalue weighted by molar-refractivity contribution is -0.385. The maximum Gasteiger partial charge on any atom is 0.269 e. The Bertz CT molecular complexity index is 2460. The maximum absolute atomic E-state index is 15.2. The van der Waals surface area contributed by atoms with E-state index in [1.54, 1.807) is 72.6 Å². The number of rotatable bonds is 11. The third-order valence-corrected chi connectivity index (χ3v) is 14.2. The monoisotopic (exact) mass is 812 g/mol. The van der Waals surface area contributed by atoms with Crippen LogP contribution in [0.5, 0.6) is 11.5 Å². The molecular formula is C45H44N4O9Si. The molecule has 302 valence electrons. The molecule has 8 rings (SSSR count). The van der Waals surface area contributed by atoms with E-state index in [-0.39, 0.29) is 50.2 Å². The van der Waals surface area contributed by atoms with Crippen molar-refractivity contribution in [3.63, 3.8) is 0 Å². The Kier molecular flexibility index (Phi) is 10.4. The van der Waals surface area contributed by atoms with Crippen LogP contribution in [0, 0.1) is 16.0 Å². The maximum atomic E-state index is 15.2. The fourth-order valence-electron chi connectivity index (χ4n) is 9.10. The highest BCUT2D eigenvalue weighted by Gasteiger charge is 2.66. The molecule has 2 N–H and O–H groups in total. The Labute approximate surface area is 342 Å². The zero-order valence-electron chi connectivity index (χ0n) is 32.9. The summed E-state index contributed by atoms with van der Waals surface area (Å²) in [5.41, 5.74) is 1.06. The topological polar surface area (TPSA) is 163 Å². The summed E-state index contributed by atoms with van der Waals surface area (Å²) in [6, 6.07) is 35.2. The fraction of sp³-hybridized carbons (Fsp3) is 0.267. The van der Waals surface area contributed by atoms with Crippen LogP contribution in [0.2, 0.25) is 18.6 Å². The molecule has 3 aliphatic heterocycles. The highest BCUT2D eigenvalue weighted by Crippen LogP contribution is 2.60. The van der Waals surface area contributed by atoms with E-state index in [0.717, 1.165) is 5.56 Å². The van der Waals surface area contributed by atoms with E-state index in [2.05, 4.69) is 0 Å². The molecule has 5 aromatic carbocycles. The van der Waals surface area contributed by atoms with Crippen molar-refractivity contribution >= 4 is 48.8 Å². The average Bonchev–Trinajstić information content (AvgIpc) is 3.59.